The summed E-state index contributed by atoms with van der Waals surface area (Å²) in [6.07, 6.45) is 2.16. The van der Waals surface area contributed by atoms with Crippen LogP contribution in [0.15, 0.2) is 53.4 Å². The van der Waals surface area contributed by atoms with Crippen molar-refractivity contribution in [2.24, 2.45) is 0 Å². The first-order valence-electron chi connectivity index (χ1n) is 11.2. The molecule has 2 aromatic carbocycles. The molecule has 172 valence electrons. The van der Waals surface area contributed by atoms with E-state index in [0.29, 0.717) is 49.7 Å². The Bertz CT molecular complexity index is 1030. The highest BCUT2D eigenvalue weighted by molar-refractivity contribution is 7.89. The average Bonchev–Trinajstić information content (AvgIpc) is 3.32. The van der Waals surface area contributed by atoms with Gasteiger partial charge in [0.1, 0.15) is 0 Å². The fourth-order valence-electron chi connectivity index (χ4n) is 4.17. The molecule has 1 N–H and O–H groups in total. The predicted octanol–water partition coefficient (Wildman–Crippen LogP) is 2.41. The van der Waals surface area contributed by atoms with Gasteiger partial charge in [0.25, 0.3) is 5.91 Å². The van der Waals surface area contributed by atoms with E-state index < -0.39 is 10.0 Å². The van der Waals surface area contributed by atoms with E-state index in [2.05, 4.69) is 10.2 Å². The molecule has 2 aromatic rings. The molecule has 2 fully saturated rings. The molecule has 2 aliphatic rings. The molecule has 32 heavy (non-hydrogen) atoms. The largest absolute Gasteiger partial charge is 0.376 e. The van der Waals surface area contributed by atoms with E-state index in [1.807, 2.05) is 43.3 Å². The summed E-state index contributed by atoms with van der Waals surface area (Å²) in [4.78, 5) is 15.1. The summed E-state index contributed by atoms with van der Waals surface area (Å²) in [5.41, 5.74) is 2.72. The van der Waals surface area contributed by atoms with Crippen LogP contribution < -0.4 is 5.32 Å². The van der Waals surface area contributed by atoms with Gasteiger partial charge in [-0.15, -0.1) is 0 Å². The summed E-state index contributed by atoms with van der Waals surface area (Å²) in [7, 11) is -3.46. The Morgan fingerprint density at radius 3 is 2.53 bits per heavy atom. The zero-order chi connectivity index (χ0) is 22.6. The number of nitrogens with one attached hydrogen (secondary N) is 1. The van der Waals surface area contributed by atoms with Crippen LogP contribution in [-0.4, -0.2) is 69.0 Å². The summed E-state index contributed by atoms with van der Waals surface area (Å²) in [5, 5.41) is 2.96. The van der Waals surface area contributed by atoms with Gasteiger partial charge in [0, 0.05) is 51.4 Å². The molecule has 1 atom stereocenters. The van der Waals surface area contributed by atoms with Gasteiger partial charge in [0.15, 0.2) is 0 Å². The van der Waals surface area contributed by atoms with Crippen LogP contribution in [-0.2, 0) is 21.3 Å². The average molecular weight is 458 g/mol. The Morgan fingerprint density at radius 1 is 1.09 bits per heavy atom. The third-order valence-corrected chi connectivity index (χ3v) is 8.01. The lowest BCUT2D eigenvalue weighted by molar-refractivity contribution is 0.0857. The van der Waals surface area contributed by atoms with Gasteiger partial charge >= 0.3 is 0 Å². The molecule has 4 rings (SSSR count). The number of benzene rings is 2. The minimum atomic E-state index is -3.46. The van der Waals surface area contributed by atoms with E-state index in [-0.39, 0.29) is 12.0 Å². The number of sulfonamides is 1. The molecule has 0 aliphatic carbocycles. The van der Waals surface area contributed by atoms with Gasteiger partial charge in [-0.25, -0.2) is 8.42 Å². The van der Waals surface area contributed by atoms with Gasteiger partial charge in [-0.05, 0) is 49.6 Å². The predicted molar refractivity (Wildman–Crippen MR) is 123 cm³/mol. The number of carbonyl (C=O) groups excluding carboxylic acids is 1. The molecule has 0 bridgehead atoms. The molecule has 0 aromatic heterocycles. The van der Waals surface area contributed by atoms with E-state index >= 15 is 0 Å². The van der Waals surface area contributed by atoms with Crippen molar-refractivity contribution in [1.29, 1.82) is 0 Å². The van der Waals surface area contributed by atoms with Crippen molar-refractivity contribution in [1.82, 2.24) is 14.5 Å². The molecule has 0 radical (unpaired) electrons. The third kappa shape index (κ3) is 5.56. The third-order valence-electron chi connectivity index (χ3n) is 6.10. The van der Waals surface area contributed by atoms with E-state index in [0.717, 1.165) is 30.6 Å². The summed E-state index contributed by atoms with van der Waals surface area (Å²) < 4.78 is 32.9. The maximum absolute atomic E-state index is 12.9. The summed E-state index contributed by atoms with van der Waals surface area (Å²) in [5.74, 6) is -0.0867. The zero-order valence-corrected chi connectivity index (χ0v) is 19.3. The lowest BCUT2D eigenvalue weighted by atomic mass is 10.1. The van der Waals surface area contributed by atoms with Crippen molar-refractivity contribution in [3.63, 3.8) is 0 Å². The number of hydrogen-bond donors (Lipinski definition) is 1. The van der Waals surface area contributed by atoms with E-state index in [9.17, 15) is 13.2 Å². The van der Waals surface area contributed by atoms with Gasteiger partial charge in [-0.3, -0.25) is 9.69 Å². The van der Waals surface area contributed by atoms with Crippen molar-refractivity contribution >= 4 is 15.9 Å². The van der Waals surface area contributed by atoms with Crippen molar-refractivity contribution in [3.05, 3.63) is 65.2 Å². The van der Waals surface area contributed by atoms with Crippen LogP contribution in [0.4, 0.5) is 0 Å². The number of aryl methyl sites for hydroxylation is 1. The maximum atomic E-state index is 12.9. The van der Waals surface area contributed by atoms with Crippen LogP contribution in [0, 0.1) is 6.92 Å². The van der Waals surface area contributed by atoms with E-state index in [1.165, 1.54) is 0 Å². The zero-order valence-electron chi connectivity index (χ0n) is 18.5. The second-order valence-corrected chi connectivity index (χ2v) is 10.5. The van der Waals surface area contributed by atoms with Crippen molar-refractivity contribution < 1.29 is 17.9 Å². The van der Waals surface area contributed by atoms with Gasteiger partial charge in [-0.1, -0.05) is 29.8 Å². The Labute approximate surface area is 190 Å². The number of ether oxygens (including phenoxy) is 1. The minimum Gasteiger partial charge on any atom is -0.376 e. The van der Waals surface area contributed by atoms with Crippen LogP contribution in [0.3, 0.4) is 0 Å². The topological polar surface area (TPSA) is 79.0 Å². The highest BCUT2D eigenvalue weighted by atomic mass is 32.2. The number of rotatable bonds is 7. The van der Waals surface area contributed by atoms with Gasteiger partial charge in [0.2, 0.25) is 10.0 Å². The Morgan fingerprint density at radius 2 is 1.84 bits per heavy atom. The normalized spacial score (nSPS) is 20.3. The highest BCUT2D eigenvalue weighted by Crippen LogP contribution is 2.19. The molecule has 2 heterocycles. The standard InChI is InChI=1S/C24H31N3O4S/c1-19-7-9-23(10-8-19)32(29,30)27-13-11-26(12-14-27)18-20-4-2-5-21(16-20)24(28)25-17-22-6-3-15-31-22/h2,4-5,7-10,16,22H,3,6,11-15,17-18H2,1H3,(H,25,28). The first-order chi connectivity index (χ1) is 15.4. The van der Waals surface area contributed by atoms with Crippen LogP contribution in [0.1, 0.15) is 34.3 Å². The van der Waals surface area contributed by atoms with Crippen LogP contribution >= 0.6 is 0 Å². The smallest absolute Gasteiger partial charge is 0.251 e. The fourth-order valence-corrected chi connectivity index (χ4v) is 5.59. The monoisotopic (exact) mass is 457 g/mol. The van der Waals surface area contributed by atoms with E-state index in [4.69, 9.17) is 4.74 Å². The van der Waals surface area contributed by atoms with Gasteiger partial charge in [0.05, 0.1) is 11.0 Å². The molecule has 8 heteroatoms. The molecule has 2 aliphatic heterocycles. The first-order valence-corrected chi connectivity index (χ1v) is 12.6. The highest BCUT2D eigenvalue weighted by Gasteiger charge is 2.28. The van der Waals surface area contributed by atoms with Crippen molar-refractivity contribution in [3.8, 4) is 0 Å². The second kappa shape index (κ2) is 10.1. The lowest BCUT2D eigenvalue weighted by Crippen LogP contribution is -2.48. The van der Waals surface area contributed by atoms with Crippen LogP contribution in [0.5, 0.6) is 0 Å². The van der Waals surface area contributed by atoms with Crippen molar-refractivity contribution in [2.45, 2.75) is 37.3 Å². The molecule has 1 amide bonds. The number of carbonyl (C=O) groups is 1. The SMILES string of the molecule is Cc1ccc(S(=O)(=O)N2CCN(Cc3cccc(C(=O)NCC4CCCO4)c3)CC2)cc1. The minimum absolute atomic E-state index is 0.0867. The number of hydrogen-bond acceptors (Lipinski definition) is 5. The molecule has 0 spiro atoms. The van der Waals surface area contributed by atoms with Gasteiger partial charge in [-0.2, -0.15) is 4.31 Å². The molecule has 2 saturated heterocycles. The Hall–Kier alpha value is -2.26. The molecule has 0 saturated carbocycles. The van der Waals surface area contributed by atoms with Crippen molar-refractivity contribution in [2.75, 3.05) is 39.3 Å². The molecular formula is C24H31N3O4S. The molecule has 7 nitrogen and oxygen atoms in total. The summed E-state index contributed by atoms with van der Waals surface area (Å²) in [6, 6.07) is 14.6. The Kier molecular flexibility index (Phi) is 7.25. The van der Waals surface area contributed by atoms with Crippen LogP contribution in [0.25, 0.3) is 0 Å². The Balaban J connectivity index is 1.30. The fraction of sp³-hybridized carbons (Fsp3) is 0.458. The number of piperazine rings is 1. The quantitative estimate of drug-likeness (QED) is 0.691. The van der Waals surface area contributed by atoms with Gasteiger partial charge < -0.3 is 10.1 Å². The lowest BCUT2D eigenvalue weighted by Gasteiger charge is -2.34. The first kappa shape index (κ1) is 22.9. The molecule has 1 unspecified atom stereocenters. The number of nitrogens with zero attached hydrogens (tertiary/aromatic N) is 2. The maximum Gasteiger partial charge on any atom is 0.251 e. The van der Waals surface area contributed by atoms with E-state index in [1.54, 1.807) is 16.4 Å². The van der Waals surface area contributed by atoms with Crippen LogP contribution in [0.2, 0.25) is 0 Å². The summed E-state index contributed by atoms with van der Waals surface area (Å²) >= 11 is 0. The molecular weight excluding hydrogens is 426 g/mol. The second-order valence-electron chi connectivity index (χ2n) is 8.54. The summed E-state index contributed by atoms with van der Waals surface area (Å²) in [6.45, 7) is 6.16. The number of amides is 1.